The third kappa shape index (κ3) is 13.2. The summed E-state index contributed by atoms with van der Waals surface area (Å²) in [5.41, 5.74) is 3.78. The Morgan fingerprint density at radius 2 is 0.987 bits per heavy atom. The number of hydrogen-bond donors (Lipinski definition) is 0. The molecule has 3 saturated heterocycles. The smallest absolute Gasteiger partial charge is 0.410 e. The molecular formula is C58H85F2N7O6S2. The summed E-state index contributed by atoms with van der Waals surface area (Å²) in [4.78, 5) is 43.5. The summed E-state index contributed by atoms with van der Waals surface area (Å²) in [7, 11) is -1.65. The Morgan fingerprint density at radius 3 is 1.35 bits per heavy atom. The average molecular weight is 1080 g/mol. The van der Waals surface area contributed by atoms with Crippen LogP contribution in [0.3, 0.4) is 0 Å². The van der Waals surface area contributed by atoms with E-state index < -0.39 is 79.2 Å². The maximum atomic E-state index is 17.4. The molecular weight excluding hydrogens is 993 g/mol. The lowest BCUT2D eigenvalue weighted by atomic mass is 9.87. The molecule has 0 radical (unpaired) electrons. The Hall–Kier alpha value is -4.58. The van der Waals surface area contributed by atoms with E-state index in [0.717, 1.165) is 35.6 Å². The zero-order valence-corrected chi connectivity index (χ0v) is 49.1. The number of amides is 2. The topological polar surface area (TPSA) is 116 Å². The molecule has 414 valence electrons. The quantitative estimate of drug-likeness (QED) is 0.0945. The van der Waals surface area contributed by atoms with E-state index in [1.807, 2.05) is 62.8 Å². The van der Waals surface area contributed by atoms with Crippen LogP contribution in [0.2, 0.25) is 0 Å². The highest BCUT2D eigenvalue weighted by atomic mass is 32.3. The predicted octanol–water partition coefficient (Wildman–Crippen LogP) is 13.5. The molecule has 3 aliphatic rings. The molecule has 0 N–H and O–H groups in total. The second-order valence-corrected chi connectivity index (χ2v) is 34.8. The summed E-state index contributed by atoms with van der Waals surface area (Å²) in [6.07, 6.45) is 16.7. The second kappa shape index (κ2) is 21.7. The fourth-order valence-corrected chi connectivity index (χ4v) is 11.9. The molecule has 13 nitrogen and oxygen atoms in total. The largest absolute Gasteiger partial charge is 0.444 e. The van der Waals surface area contributed by atoms with Gasteiger partial charge in [-0.05, 0) is 153 Å². The molecule has 75 heavy (non-hydrogen) atoms. The molecule has 4 atom stereocenters. The molecule has 0 aliphatic carbocycles. The number of likely N-dealkylation sites (tertiary alicyclic amines) is 2. The maximum Gasteiger partial charge on any atom is 0.410 e. The molecule has 1 unspecified atom stereocenters. The summed E-state index contributed by atoms with van der Waals surface area (Å²) < 4.78 is 63.2. The number of hydrogen-bond acceptors (Lipinski definition) is 9. The van der Waals surface area contributed by atoms with Crippen molar-refractivity contribution in [3.8, 4) is 0 Å². The number of imidazole rings is 2. The highest BCUT2D eigenvalue weighted by Gasteiger charge is 2.42. The number of anilines is 1. The van der Waals surface area contributed by atoms with Crippen molar-refractivity contribution < 1.29 is 37.3 Å². The molecule has 8 rings (SSSR count). The molecule has 17 heteroatoms. The molecule has 2 aromatic heterocycles. The van der Waals surface area contributed by atoms with Crippen molar-refractivity contribution in [3.05, 3.63) is 88.5 Å². The standard InChI is InChI=1S/C58H85F2N7O6S2/c1-56(2,3)38-20-22-39(23-21-38)67-46(40-32-44-50(34-42(40)59)65(36-70-28-30-74(10,11)12)52(61-44)48-18-16-26-63(48)54(68)72-57(4,5)6)24-25-47(67)41-33-45-51(35-43(41)60)66(37-71-29-31-75(13,14)15)53(62-45)49-19-17-27-64(49)55(69)73-58(7,8)9/h20-23,32-35,46-49H,16-19,24-31,36-37H2,1-15H3/t46-,47-,48+,49?/m1/s1. The van der Waals surface area contributed by atoms with Crippen LogP contribution in [0.1, 0.15) is 153 Å². The zero-order valence-electron chi connectivity index (χ0n) is 47.5. The van der Waals surface area contributed by atoms with Gasteiger partial charge < -0.3 is 33.0 Å². The van der Waals surface area contributed by atoms with Crippen LogP contribution in [0.15, 0.2) is 48.5 Å². The third-order valence-electron chi connectivity index (χ3n) is 14.4. The zero-order chi connectivity index (χ0) is 54.6. The first-order valence-corrected chi connectivity index (χ1v) is 32.8. The van der Waals surface area contributed by atoms with E-state index in [-0.39, 0.29) is 18.9 Å². The van der Waals surface area contributed by atoms with E-state index >= 15 is 8.78 Å². The van der Waals surface area contributed by atoms with Crippen LogP contribution in [0.5, 0.6) is 0 Å². The van der Waals surface area contributed by atoms with E-state index in [1.165, 1.54) is 0 Å². The highest BCUT2D eigenvalue weighted by molar-refractivity contribution is 8.32. The van der Waals surface area contributed by atoms with E-state index in [0.29, 0.717) is 96.8 Å². The summed E-state index contributed by atoms with van der Waals surface area (Å²) in [6.45, 7) is 20.1. The molecule has 0 bridgehead atoms. The summed E-state index contributed by atoms with van der Waals surface area (Å²) in [5.74, 6) is 2.29. The van der Waals surface area contributed by atoms with Crippen LogP contribution in [0.25, 0.3) is 22.1 Å². The Morgan fingerprint density at radius 1 is 0.587 bits per heavy atom. The third-order valence-corrected chi connectivity index (χ3v) is 17.2. The first-order valence-electron chi connectivity index (χ1n) is 26.7. The van der Waals surface area contributed by atoms with Crippen molar-refractivity contribution in [1.29, 1.82) is 0 Å². The van der Waals surface area contributed by atoms with E-state index in [9.17, 15) is 9.59 Å². The first kappa shape index (κ1) is 56.6. The molecule has 3 aliphatic heterocycles. The van der Waals surface area contributed by atoms with Crippen molar-refractivity contribution in [1.82, 2.24) is 28.9 Å². The first-order chi connectivity index (χ1) is 35.0. The van der Waals surface area contributed by atoms with E-state index in [4.69, 9.17) is 28.9 Å². The van der Waals surface area contributed by atoms with Crippen molar-refractivity contribution in [2.24, 2.45) is 0 Å². The van der Waals surface area contributed by atoms with Crippen LogP contribution >= 0.6 is 20.1 Å². The van der Waals surface area contributed by atoms with Gasteiger partial charge in [0, 0.05) is 53.5 Å². The maximum absolute atomic E-state index is 17.4. The number of nitrogens with zero attached hydrogens (tertiary/aromatic N) is 7. The Labute approximate surface area is 448 Å². The number of halogens is 2. The summed E-state index contributed by atoms with van der Waals surface area (Å²) in [5, 5.41) is 0. The van der Waals surface area contributed by atoms with Gasteiger partial charge >= 0.3 is 12.2 Å². The lowest BCUT2D eigenvalue weighted by Gasteiger charge is -2.34. The van der Waals surface area contributed by atoms with Gasteiger partial charge in [-0.2, -0.15) is 0 Å². The van der Waals surface area contributed by atoms with Crippen molar-refractivity contribution >= 4 is 60.0 Å². The van der Waals surface area contributed by atoms with Crippen molar-refractivity contribution in [3.63, 3.8) is 0 Å². The van der Waals surface area contributed by atoms with Crippen LogP contribution < -0.4 is 4.90 Å². The minimum absolute atomic E-state index is 0.115. The molecule has 5 heterocycles. The monoisotopic (exact) mass is 1080 g/mol. The highest BCUT2D eigenvalue weighted by Crippen LogP contribution is 2.50. The minimum Gasteiger partial charge on any atom is -0.444 e. The average Bonchev–Trinajstić information content (AvgIpc) is 4.14. The van der Waals surface area contributed by atoms with Gasteiger partial charge in [0.1, 0.15) is 47.9 Å². The SMILES string of the molecule is CC(C)(C)OC(=O)N1CCCC1c1nc2cc([C@H]3CC[C@H](c4cc5nc([C@@H]6CCCN6C(=O)OC(C)(C)C)n(COCCS(C)(C)C)c5cc4F)N3c3ccc(C(C)(C)C)cc3)c(F)cc2n1COCCS(C)(C)C. The van der Waals surface area contributed by atoms with Crippen molar-refractivity contribution in [2.45, 2.75) is 155 Å². The molecule has 3 aromatic carbocycles. The fourth-order valence-electron chi connectivity index (χ4n) is 10.6. The van der Waals surface area contributed by atoms with E-state index in [1.54, 1.807) is 21.9 Å². The van der Waals surface area contributed by atoms with Gasteiger partial charge in [0.15, 0.2) is 0 Å². The number of fused-ring (bicyclic) bond motifs is 2. The number of aromatic nitrogens is 4. The van der Waals surface area contributed by atoms with Gasteiger partial charge in [-0.15, -0.1) is 0 Å². The predicted molar refractivity (Wildman–Crippen MR) is 304 cm³/mol. The Bertz CT molecular complexity index is 2690. The van der Waals surface area contributed by atoms with Gasteiger partial charge in [-0.3, -0.25) is 9.80 Å². The molecule has 0 spiro atoms. The minimum atomic E-state index is -0.826. The Kier molecular flexibility index (Phi) is 16.4. The number of benzene rings is 3. The van der Waals surface area contributed by atoms with Gasteiger partial charge in [0.2, 0.25) is 0 Å². The van der Waals surface area contributed by atoms with Crippen LogP contribution in [-0.2, 0) is 37.8 Å². The Balaban J connectivity index is 1.21. The number of carbonyl (C=O) groups is 2. The molecule has 3 fully saturated rings. The van der Waals surface area contributed by atoms with Gasteiger partial charge in [-0.1, -0.05) is 32.9 Å². The molecule has 5 aromatic rings. The van der Waals surface area contributed by atoms with Gasteiger partial charge in [0.25, 0.3) is 0 Å². The summed E-state index contributed by atoms with van der Waals surface area (Å²) in [6, 6.07) is 13.4. The van der Waals surface area contributed by atoms with Crippen LogP contribution in [0, 0.1) is 11.6 Å². The van der Waals surface area contributed by atoms with Gasteiger partial charge in [-0.25, -0.2) is 48.4 Å². The second-order valence-electron chi connectivity index (χ2n) is 25.7. The summed E-state index contributed by atoms with van der Waals surface area (Å²) >= 11 is 0. The number of carbonyl (C=O) groups excluding carboxylic acids is 2. The number of ether oxygens (including phenoxy) is 4. The normalized spacial score (nSPS) is 20.5. The lowest BCUT2D eigenvalue weighted by Crippen LogP contribution is -2.37. The van der Waals surface area contributed by atoms with E-state index in [2.05, 4.69) is 87.5 Å². The van der Waals surface area contributed by atoms with Crippen LogP contribution in [0.4, 0.5) is 24.1 Å². The molecule has 2 amide bonds. The van der Waals surface area contributed by atoms with Crippen molar-refractivity contribution in [2.75, 3.05) is 80.2 Å². The fraction of sp³-hybridized carbons (Fsp3) is 0.621. The van der Waals surface area contributed by atoms with Crippen LogP contribution in [-0.4, -0.2) is 128 Å². The molecule has 0 saturated carbocycles. The lowest BCUT2D eigenvalue weighted by molar-refractivity contribution is 0.0196. The number of rotatable bonds is 15. The van der Waals surface area contributed by atoms with Gasteiger partial charge in [0.05, 0.1) is 59.4 Å².